The maximum absolute atomic E-state index is 14.4. The lowest BCUT2D eigenvalue weighted by atomic mass is 9.82. The third-order valence-corrected chi connectivity index (χ3v) is 7.46. The molecule has 0 bridgehead atoms. The molecule has 1 fully saturated rings. The highest BCUT2D eigenvalue weighted by atomic mass is 35.5. The van der Waals surface area contributed by atoms with Gasteiger partial charge in [0.05, 0.1) is 12.5 Å². The minimum absolute atomic E-state index is 0.248. The highest BCUT2D eigenvalue weighted by Crippen LogP contribution is 2.32. The zero-order valence-electron chi connectivity index (χ0n) is 24.0. The minimum atomic E-state index is -0.773. The molecule has 2 unspecified atom stereocenters. The number of amides is 1. The van der Waals surface area contributed by atoms with Crippen LogP contribution in [-0.2, 0) is 20.7 Å². The molecule has 0 heterocycles. The van der Waals surface area contributed by atoms with Gasteiger partial charge in [-0.15, -0.1) is 0 Å². The molecule has 1 aliphatic carbocycles. The smallest absolute Gasteiger partial charge is 0.407 e. The lowest BCUT2D eigenvalue weighted by molar-refractivity contribution is -0.148. The van der Waals surface area contributed by atoms with E-state index in [-0.39, 0.29) is 24.3 Å². The summed E-state index contributed by atoms with van der Waals surface area (Å²) in [7, 11) is 0. The van der Waals surface area contributed by atoms with Gasteiger partial charge >= 0.3 is 12.1 Å². The van der Waals surface area contributed by atoms with Crippen molar-refractivity contribution in [3.05, 3.63) is 58.9 Å². The van der Waals surface area contributed by atoms with Gasteiger partial charge in [0.25, 0.3) is 0 Å². The van der Waals surface area contributed by atoms with Crippen LogP contribution in [0.4, 0.5) is 13.6 Å². The Labute approximate surface area is 242 Å². The zero-order chi connectivity index (χ0) is 29.3. The average molecular weight is 578 g/mol. The van der Waals surface area contributed by atoms with Gasteiger partial charge in [-0.05, 0) is 101 Å². The molecule has 3 rings (SSSR count). The van der Waals surface area contributed by atoms with Crippen LogP contribution in [0.25, 0.3) is 11.1 Å². The normalized spacial score (nSPS) is 19.0. The Morgan fingerprint density at radius 2 is 1.85 bits per heavy atom. The molecule has 8 heteroatoms. The van der Waals surface area contributed by atoms with E-state index in [2.05, 4.69) is 5.32 Å². The Hall–Kier alpha value is -2.67. The van der Waals surface area contributed by atoms with Gasteiger partial charge in [0.2, 0.25) is 0 Å². The molecule has 5 nitrogen and oxygen atoms in total. The molecule has 2 aromatic rings. The highest BCUT2D eigenvalue weighted by Gasteiger charge is 2.29. The van der Waals surface area contributed by atoms with E-state index in [1.54, 1.807) is 33.8 Å². The van der Waals surface area contributed by atoms with Crippen molar-refractivity contribution in [1.29, 1.82) is 0 Å². The van der Waals surface area contributed by atoms with Crippen molar-refractivity contribution < 1.29 is 27.8 Å². The van der Waals surface area contributed by atoms with Crippen LogP contribution in [0.3, 0.4) is 0 Å². The van der Waals surface area contributed by atoms with Gasteiger partial charge in [-0.25, -0.2) is 13.6 Å². The molecule has 0 aromatic heterocycles. The molecule has 4 atom stereocenters. The number of rotatable bonds is 11. The van der Waals surface area contributed by atoms with Gasteiger partial charge in [-0.1, -0.05) is 48.7 Å². The molecule has 40 heavy (non-hydrogen) atoms. The van der Waals surface area contributed by atoms with Crippen LogP contribution in [0.15, 0.2) is 42.5 Å². The number of benzene rings is 2. The van der Waals surface area contributed by atoms with E-state index in [0.717, 1.165) is 24.8 Å². The second kappa shape index (κ2) is 14.8. The Bertz CT molecular complexity index is 1120. The van der Waals surface area contributed by atoms with Crippen molar-refractivity contribution in [2.24, 2.45) is 11.8 Å². The molecule has 0 saturated heterocycles. The fraction of sp³-hybridized carbons (Fsp3) is 0.562. The van der Waals surface area contributed by atoms with Gasteiger partial charge in [0.15, 0.2) is 0 Å². The number of halogens is 3. The van der Waals surface area contributed by atoms with Crippen LogP contribution in [0.5, 0.6) is 0 Å². The summed E-state index contributed by atoms with van der Waals surface area (Å²) in [5.41, 5.74) is 1.32. The summed E-state index contributed by atoms with van der Waals surface area (Å²) in [6, 6.07) is 11.4. The second-order valence-electron chi connectivity index (χ2n) is 11.8. The summed E-state index contributed by atoms with van der Waals surface area (Å²) in [5.74, 6) is -0.870. The van der Waals surface area contributed by atoms with Crippen molar-refractivity contribution in [3.8, 4) is 11.1 Å². The van der Waals surface area contributed by atoms with Crippen molar-refractivity contribution in [2.45, 2.75) is 96.9 Å². The van der Waals surface area contributed by atoms with E-state index in [0.29, 0.717) is 48.3 Å². The van der Waals surface area contributed by atoms with Crippen LogP contribution in [0.2, 0.25) is 5.02 Å². The molecular formula is C32H42ClF2NO4. The number of hydrogen-bond acceptors (Lipinski definition) is 4. The maximum Gasteiger partial charge on any atom is 0.407 e. The van der Waals surface area contributed by atoms with Gasteiger partial charge < -0.3 is 14.8 Å². The topological polar surface area (TPSA) is 64.6 Å². The molecule has 2 aromatic carbocycles. The number of esters is 1. The number of carbonyl (C=O) groups is 2. The van der Waals surface area contributed by atoms with Gasteiger partial charge in [0, 0.05) is 16.6 Å². The van der Waals surface area contributed by atoms with Crippen LogP contribution in [0, 0.1) is 17.7 Å². The van der Waals surface area contributed by atoms with Crippen molar-refractivity contribution in [1.82, 2.24) is 5.32 Å². The Kier molecular flexibility index (Phi) is 11.8. The standard InChI is InChI=1S/C32H42ClF2NO4/c1-5-39-30(37)24(14-11-21-7-6-8-26(34)17-21)19-27(36-31(38)40-32(2,3)4)18-22-9-12-23(13-10-22)28-20-25(33)15-16-29(28)35/h9-10,12-13,15-16,20-21,24,26-27H,5-8,11,14,17-19H2,1-4H3,(H,36,38)/t21?,24-,26?,27-/m1/s1. The maximum atomic E-state index is 14.4. The lowest BCUT2D eigenvalue weighted by Crippen LogP contribution is -2.42. The van der Waals surface area contributed by atoms with E-state index in [4.69, 9.17) is 21.1 Å². The summed E-state index contributed by atoms with van der Waals surface area (Å²) >= 11 is 6.06. The predicted octanol–water partition coefficient (Wildman–Crippen LogP) is 8.46. The number of alkyl carbamates (subject to hydrolysis) is 1. The summed E-state index contributed by atoms with van der Waals surface area (Å²) in [5, 5.41) is 3.40. The molecule has 220 valence electrons. The molecule has 1 aliphatic rings. The lowest BCUT2D eigenvalue weighted by Gasteiger charge is -2.28. The fourth-order valence-corrected chi connectivity index (χ4v) is 5.52. The summed E-state index contributed by atoms with van der Waals surface area (Å²) in [6.07, 6.45) is 3.74. The molecule has 0 radical (unpaired) electrons. The first kappa shape index (κ1) is 31.9. The van der Waals surface area contributed by atoms with E-state index in [1.165, 1.54) is 12.1 Å². The van der Waals surface area contributed by atoms with E-state index < -0.39 is 29.8 Å². The Morgan fingerprint density at radius 1 is 1.12 bits per heavy atom. The van der Waals surface area contributed by atoms with E-state index in [1.807, 2.05) is 24.3 Å². The highest BCUT2D eigenvalue weighted by molar-refractivity contribution is 6.30. The van der Waals surface area contributed by atoms with Crippen LogP contribution < -0.4 is 5.32 Å². The molecule has 1 N–H and O–H groups in total. The fourth-order valence-electron chi connectivity index (χ4n) is 5.35. The monoisotopic (exact) mass is 577 g/mol. The SMILES string of the molecule is CCOC(=O)[C@H](CCC1CCCC(F)C1)C[C@@H](Cc1ccc(-c2cc(Cl)ccc2F)cc1)NC(=O)OC(C)(C)C. The summed E-state index contributed by atoms with van der Waals surface area (Å²) in [6.45, 7) is 7.40. The third kappa shape index (κ3) is 10.4. The first-order valence-corrected chi connectivity index (χ1v) is 14.7. The molecule has 0 aliphatic heterocycles. The quantitative estimate of drug-likeness (QED) is 0.272. The summed E-state index contributed by atoms with van der Waals surface area (Å²) < 4.78 is 39.2. The number of nitrogens with one attached hydrogen (secondary N) is 1. The van der Waals surface area contributed by atoms with E-state index in [9.17, 15) is 18.4 Å². The average Bonchev–Trinajstić information content (AvgIpc) is 2.87. The Morgan fingerprint density at radius 3 is 2.50 bits per heavy atom. The zero-order valence-corrected chi connectivity index (χ0v) is 24.7. The molecular weight excluding hydrogens is 536 g/mol. The van der Waals surface area contributed by atoms with Gasteiger partial charge in [-0.3, -0.25) is 4.79 Å². The number of ether oxygens (including phenoxy) is 2. The van der Waals surface area contributed by atoms with Crippen LogP contribution in [0.1, 0.15) is 78.2 Å². The largest absolute Gasteiger partial charge is 0.466 e. The van der Waals surface area contributed by atoms with Gasteiger partial charge in [-0.2, -0.15) is 0 Å². The molecule has 0 spiro atoms. The van der Waals surface area contributed by atoms with Crippen LogP contribution >= 0.6 is 11.6 Å². The first-order chi connectivity index (χ1) is 18.9. The first-order valence-electron chi connectivity index (χ1n) is 14.3. The minimum Gasteiger partial charge on any atom is -0.466 e. The summed E-state index contributed by atoms with van der Waals surface area (Å²) in [4.78, 5) is 25.7. The molecule has 1 amide bonds. The van der Waals surface area contributed by atoms with Crippen molar-refractivity contribution in [3.63, 3.8) is 0 Å². The predicted molar refractivity (Wildman–Crippen MR) is 155 cm³/mol. The van der Waals surface area contributed by atoms with Crippen molar-refractivity contribution >= 4 is 23.7 Å². The second-order valence-corrected chi connectivity index (χ2v) is 12.2. The third-order valence-electron chi connectivity index (χ3n) is 7.23. The van der Waals surface area contributed by atoms with Gasteiger partial charge in [0.1, 0.15) is 17.6 Å². The Balaban J connectivity index is 1.77. The number of alkyl halides is 1. The molecule has 1 saturated carbocycles. The van der Waals surface area contributed by atoms with E-state index >= 15 is 0 Å². The number of carbonyl (C=O) groups excluding carboxylic acids is 2. The number of hydrogen-bond donors (Lipinski definition) is 1. The van der Waals surface area contributed by atoms with Crippen LogP contribution in [-0.4, -0.2) is 36.5 Å². The van der Waals surface area contributed by atoms with Crippen molar-refractivity contribution in [2.75, 3.05) is 6.61 Å².